The van der Waals surface area contributed by atoms with E-state index in [-0.39, 0.29) is 17.4 Å². The van der Waals surface area contributed by atoms with Crippen LogP contribution in [0.15, 0.2) is 10.9 Å². The molecule has 1 aromatic rings. The van der Waals surface area contributed by atoms with Crippen LogP contribution in [0.5, 0.6) is 0 Å². The Labute approximate surface area is 81.3 Å². The molecule has 76 valence electrons. The minimum Gasteiger partial charge on any atom is -0.394 e. The summed E-state index contributed by atoms with van der Waals surface area (Å²) < 4.78 is 5.45. The molecule has 1 saturated heterocycles. The third-order valence-corrected chi connectivity index (χ3v) is 2.35. The van der Waals surface area contributed by atoms with Crippen LogP contribution in [-0.2, 0) is 11.2 Å². The lowest BCUT2D eigenvalue weighted by Gasteiger charge is -2.07. The Kier molecular flexibility index (Phi) is 2.49. The predicted molar refractivity (Wildman–Crippen MR) is 51.9 cm³/mol. The highest BCUT2D eigenvalue weighted by atomic mass is 16.5. The van der Waals surface area contributed by atoms with E-state index >= 15 is 0 Å². The third-order valence-electron chi connectivity index (χ3n) is 2.35. The average Bonchev–Trinajstić information content (AvgIpc) is 2.64. The summed E-state index contributed by atoms with van der Waals surface area (Å²) >= 11 is 0. The van der Waals surface area contributed by atoms with Crippen molar-refractivity contribution in [3.8, 4) is 0 Å². The molecule has 5 heteroatoms. The van der Waals surface area contributed by atoms with Crippen LogP contribution >= 0.6 is 0 Å². The predicted octanol–water partition coefficient (Wildman–Crippen LogP) is 0.0736. The molecule has 0 aromatic carbocycles. The Hall–Kier alpha value is -1.36. The minimum absolute atomic E-state index is 0.216. The number of nitrogen functional groups attached to an aromatic ring is 1. The van der Waals surface area contributed by atoms with E-state index in [0.717, 1.165) is 31.6 Å². The molecule has 0 saturated carbocycles. The maximum Gasteiger partial charge on any atom is 0.287 e. The van der Waals surface area contributed by atoms with E-state index in [9.17, 15) is 4.79 Å². The fraction of sp³-hybridized carbons (Fsp3) is 0.556. The van der Waals surface area contributed by atoms with Crippen molar-refractivity contribution in [2.75, 3.05) is 12.3 Å². The van der Waals surface area contributed by atoms with Gasteiger partial charge < -0.3 is 10.5 Å². The first-order valence-corrected chi connectivity index (χ1v) is 4.71. The summed E-state index contributed by atoms with van der Waals surface area (Å²) in [6.45, 7) is 0.823. The number of aromatic amines is 1. The number of H-pyrrole nitrogens is 1. The number of nitrogens with one attached hydrogen (secondary N) is 1. The number of rotatable bonds is 2. The van der Waals surface area contributed by atoms with Gasteiger partial charge in [-0.15, -0.1) is 0 Å². The van der Waals surface area contributed by atoms with Crippen molar-refractivity contribution in [2.24, 2.45) is 0 Å². The molecule has 1 unspecified atom stereocenters. The smallest absolute Gasteiger partial charge is 0.287 e. The lowest BCUT2D eigenvalue weighted by atomic mass is 10.1. The summed E-state index contributed by atoms with van der Waals surface area (Å²) in [5.41, 5.74) is 6.14. The first-order valence-electron chi connectivity index (χ1n) is 4.71. The molecule has 1 aliphatic heterocycles. The van der Waals surface area contributed by atoms with E-state index in [0.29, 0.717) is 0 Å². The van der Waals surface area contributed by atoms with Crippen LogP contribution in [-0.4, -0.2) is 22.9 Å². The lowest BCUT2D eigenvalue weighted by molar-refractivity contribution is 0.110. The lowest BCUT2D eigenvalue weighted by Crippen LogP contribution is -2.17. The van der Waals surface area contributed by atoms with E-state index < -0.39 is 0 Å². The van der Waals surface area contributed by atoms with E-state index in [1.165, 1.54) is 0 Å². The van der Waals surface area contributed by atoms with Gasteiger partial charge in [-0.1, -0.05) is 0 Å². The number of nitrogens with zero attached hydrogens (tertiary/aromatic N) is 1. The Bertz CT molecular complexity index is 369. The molecule has 0 radical (unpaired) electrons. The maximum atomic E-state index is 10.9. The van der Waals surface area contributed by atoms with Crippen LogP contribution in [0.25, 0.3) is 0 Å². The molecule has 0 spiro atoms. The van der Waals surface area contributed by atoms with Gasteiger partial charge in [0.25, 0.3) is 5.56 Å². The minimum atomic E-state index is -0.332. The van der Waals surface area contributed by atoms with Gasteiger partial charge in [0, 0.05) is 13.0 Å². The zero-order valence-electron chi connectivity index (χ0n) is 7.82. The average molecular weight is 195 g/mol. The molecular formula is C9H13N3O2. The highest BCUT2D eigenvalue weighted by molar-refractivity contribution is 5.34. The standard InChI is InChI=1S/C9H13N3O2/c10-8-5-6(11-12-9(8)13)4-7-2-1-3-14-7/h5,7H,1-4H2,(H2,10,11)(H,12,13). The highest BCUT2D eigenvalue weighted by Gasteiger charge is 2.16. The van der Waals surface area contributed by atoms with Crippen molar-refractivity contribution in [3.63, 3.8) is 0 Å². The first-order chi connectivity index (χ1) is 6.75. The molecule has 0 aliphatic carbocycles. The van der Waals surface area contributed by atoms with Gasteiger partial charge in [-0.2, -0.15) is 5.10 Å². The summed E-state index contributed by atoms with van der Waals surface area (Å²) in [5.74, 6) is 0. The van der Waals surface area contributed by atoms with Gasteiger partial charge in [-0.3, -0.25) is 4.79 Å². The number of anilines is 1. The normalized spacial score (nSPS) is 21.3. The summed E-state index contributed by atoms with van der Waals surface area (Å²) in [5, 5.41) is 6.26. The van der Waals surface area contributed by atoms with Crippen molar-refractivity contribution in [3.05, 3.63) is 22.1 Å². The number of ether oxygens (including phenoxy) is 1. The third kappa shape index (κ3) is 1.93. The van der Waals surface area contributed by atoms with E-state index in [2.05, 4.69) is 10.2 Å². The van der Waals surface area contributed by atoms with Gasteiger partial charge >= 0.3 is 0 Å². The van der Waals surface area contributed by atoms with Gasteiger partial charge in [0.1, 0.15) is 5.69 Å². The van der Waals surface area contributed by atoms with Gasteiger partial charge in [-0.25, -0.2) is 5.10 Å². The van der Waals surface area contributed by atoms with Crippen LogP contribution in [0.4, 0.5) is 5.69 Å². The van der Waals surface area contributed by atoms with Crippen LogP contribution in [0, 0.1) is 0 Å². The van der Waals surface area contributed by atoms with Crippen LogP contribution in [0.3, 0.4) is 0 Å². The summed E-state index contributed by atoms with van der Waals surface area (Å²) in [6.07, 6.45) is 3.11. The van der Waals surface area contributed by atoms with Gasteiger partial charge in [0.15, 0.2) is 0 Å². The first kappa shape index (κ1) is 9.21. The molecule has 0 amide bonds. The monoisotopic (exact) mass is 195 g/mol. The second-order valence-corrected chi connectivity index (χ2v) is 3.48. The Morgan fingerprint density at radius 3 is 3.21 bits per heavy atom. The maximum absolute atomic E-state index is 10.9. The summed E-state index contributed by atoms with van der Waals surface area (Å²) in [7, 11) is 0. The Morgan fingerprint density at radius 1 is 1.71 bits per heavy atom. The summed E-state index contributed by atoms with van der Waals surface area (Å²) in [6, 6.07) is 1.61. The fourth-order valence-corrected chi connectivity index (χ4v) is 1.61. The Balaban J connectivity index is 2.09. The van der Waals surface area contributed by atoms with Gasteiger partial charge in [-0.05, 0) is 18.9 Å². The molecule has 2 heterocycles. The number of hydrogen-bond acceptors (Lipinski definition) is 4. The zero-order chi connectivity index (χ0) is 9.97. The van der Waals surface area contributed by atoms with Crippen LogP contribution < -0.4 is 11.3 Å². The van der Waals surface area contributed by atoms with Crippen molar-refractivity contribution < 1.29 is 4.74 Å². The van der Waals surface area contributed by atoms with E-state index in [1.54, 1.807) is 6.07 Å². The molecule has 0 bridgehead atoms. The topological polar surface area (TPSA) is 81.0 Å². The van der Waals surface area contributed by atoms with E-state index in [4.69, 9.17) is 10.5 Å². The number of aromatic nitrogens is 2. The second-order valence-electron chi connectivity index (χ2n) is 3.48. The molecule has 1 atom stereocenters. The van der Waals surface area contributed by atoms with Gasteiger partial charge in [0.2, 0.25) is 0 Å². The molecule has 14 heavy (non-hydrogen) atoms. The number of hydrogen-bond donors (Lipinski definition) is 2. The van der Waals surface area contributed by atoms with Crippen LogP contribution in [0.1, 0.15) is 18.5 Å². The quantitative estimate of drug-likeness (QED) is 0.700. The molecule has 2 rings (SSSR count). The molecule has 1 aromatic heterocycles. The van der Waals surface area contributed by atoms with Crippen LogP contribution in [0.2, 0.25) is 0 Å². The molecule has 1 aliphatic rings. The van der Waals surface area contributed by atoms with Crippen molar-refractivity contribution in [1.29, 1.82) is 0 Å². The molecule has 5 nitrogen and oxygen atoms in total. The molecular weight excluding hydrogens is 182 g/mol. The SMILES string of the molecule is Nc1cc(CC2CCCO2)n[nH]c1=O. The molecule has 1 fully saturated rings. The van der Waals surface area contributed by atoms with Crippen molar-refractivity contribution >= 4 is 5.69 Å². The fourth-order valence-electron chi connectivity index (χ4n) is 1.61. The molecule has 3 N–H and O–H groups in total. The highest BCUT2D eigenvalue weighted by Crippen LogP contribution is 2.15. The largest absolute Gasteiger partial charge is 0.394 e. The van der Waals surface area contributed by atoms with Crippen molar-refractivity contribution in [2.45, 2.75) is 25.4 Å². The number of nitrogens with two attached hydrogens (primary N) is 1. The summed E-state index contributed by atoms with van der Waals surface area (Å²) in [4.78, 5) is 10.9. The van der Waals surface area contributed by atoms with E-state index in [1.807, 2.05) is 0 Å². The second kappa shape index (κ2) is 3.79. The van der Waals surface area contributed by atoms with Crippen molar-refractivity contribution in [1.82, 2.24) is 10.2 Å². The Morgan fingerprint density at radius 2 is 2.57 bits per heavy atom. The van der Waals surface area contributed by atoms with Gasteiger partial charge in [0.05, 0.1) is 11.8 Å². The zero-order valence-corrected chi connectivity index (χ0v) is 7.82.